The fraction of sp³-hybridized carbons (Fsp3) is 0.238. The molecular weight excluding hydrogens is 380 g/mol. The zero-order valence-electron chi connectivity index (χ0n) is 14.6. The molecule has 0 spiro atoms. The first-order valence-corrected chi connectivity index (χ1v) is 10.3. The first-order valence-electron chi connectivity index (χ1n) is 9.07. The summed E-state index contributed by atoms with van der Waals surface area (Å²) in [6, 6.07) is 13.6. The van der Waals surface area contributed by atoms with Crippen LogP contribution < -0.4 is 10.5 Å². The van der Waals surface area contributed by atoms with Gasteiger partial charge in [-0.1, -0.05) is 17.7 Å². The van der Waals surface area contributed by atoms with Gasteiger partial charge >= 0.3 is 5.63 Å². The van der Waals surface area contributed by atoms with Crippen LogP contribution in [0.25, 0.3) is 31.8 Å². The molecule has 4 nitrogen and oxygen atoms in total. The van der Waals surface area contributed by atoms with Crippen molar-refractivity contribution >= 4 is 49.8 Å². The van der Waals surface area contributed by atoms with E-state index in [0.717, 1.165) is 34.4 Å². The number of benzene rings is 2. The molecule has 1 aliphatic heterocycles. The Morgan fingerprint density at radius 3 is 2.74 bits per heavy atom. The second-order valence-electron chi connectivity index (χ2n) is 6.82. The Balaban J connectivity index is 1.60. The van der Waals surface area contributed by atoms with E-state index >= 15 is 0 Å². The molecule has 6 heteroatoms. The van der Waals surface area contributed by atoms with E-state index in [1.165, 1.54) is 30.6 Å². The van der Waals surface area contributed by atoms with Gasteiger partial charge in [0, 0.05) is 30.2 Å². The lowest BCUT2D eigenvalue weighted by molar-refractivity contribution is 0.560. The summed E-state index contributed by atoms with van der Waals surface area (Å²) in [5.41, 5.74) is 2.56. The van der Waals surface area contributed by atoms with Crippen molar-refractivity contribution in [3.8, 4) is 10.6 Å². The average Bonchev–Trinajstić information content (AvgIpc) is 3.13. The maximum Gasteiger partial charge on any atom is 0.346 e. The number of anilines is 1. The van der Waals surface area contributed by atoms with Crippen LogP contribution in [0.5, 0.6) is 0 Å². The van der Waals surface area contributed by atoms with Crippen molar-refractivity contribution in [2.75, 3.05) is 18.0 Å². The molecule has 0 saturated carbocycles. The zero-order valence-corrected chi connectivity index (χ0v) is 16.1. The standard InChI is InChI=1S/C21H17ClN2O2S/c22-16-5-4-6-18-19(16)23-20(27-18)15-11-13-7-8-14(12-17(13)26-21(15)25)24-9-2-1-3-10-24/h4-8,11-12H,1-3,9-10H2. The van der Waals surface area contributed by atoms with Crippen LogP contribution in [0.15, 0.2) is 51.7 Å². The topological polar surface area (TPSA) is 46.3 Å². The molecule has 4 aromatic rings. The highest BCUT2D eigenvalue weighted by Gasteiger charge is 2.16. The molecule has 1 fully saturated rings. The van der Waals surface area contributed by atoms with Crippen molar-refractivity contribution in [2.24, 2.45) is 0 Å². The minimum atomic E-state index is -0.367. The van der Waals surface area contributed by atoms with Gasteiger partial charge in [-0.05, 0) is 49.6 Å². The molecule has 0 aliphatic carbocycles. The monoisotopic (exact) mass is 396 g/mol. The summed E-state index contributed by atoms with van der Waals surface area (Å²) in [6.07, 6.45) is 3.71. The van der Waals surface area contributed by atoms with Gasteiger partial charge in [-0.3, -0.25) is 0 Å². The van der Waals surface area contributed by atoms with E-state index in [2.05, 4.69) is 16.0 Å². The highest BCUT2D eigenvalue weighted by molar-refractivity contribution is 7.21. The Labute approximate surface area is 165 Å². The summed E-state index contributed by atoms with van der Waals surface area (Å²) in [4.78, 5) is 19.5. The van der Waals surface area contributed by atoms with E-state index in [-0.39, 0.29) is 5.63 Å². The van der Waals surface area contributed by atoms with Crippen molar-refractivity contribution in [3.05, 3.63) is 57.9 Å². The molecule has 5 rings (SSSR count). The number of aromatic nitrogens is 1. The van der Waals surface area contributed by atoms with Gasteiger partial charge in [-0.2, -0.15) is 0 Å². The molecule has 0 radical (unpaired) electrons. The van der Waals surface area contributed by atoms with Crippen LogP contribution in [0.4, 0.5) is 5.69 Å². The molecule has 27 heavy (non-hydrogen) atoms. The number of para-hydroxylation sites is 1. The lowest BCUT2D eigenvalue weighted by atomic mass is 10.1. The molecule has 136 valence electrons. The first-order chi connectivity index (χ1) is 13.2. The van der Waals surface area contributed by atoms with Crippen molar-refractivity contribution in [1.82, 2.24) is 4.98 Å². The number of halogens is 1. The molecule has 0 N–H and O–H groups in total. The minimum absolute atomic E-state index is 0.367. The van der Waals surface area contributed by atoms with E-state index in [9.17, 15) is 4.79 Å². The summed E-state index contributed by atoms with van der Waals surface area (Å²) in [5, 5.41) is 2.12. The summed E-state index contributed by atoms with van der Waals surface area (Å²) in [5.74, 6) is 0. The van der Waals surface area contributed by atoms with Crippen LogP contribution in [0.2, 0.25) is 5.02 Å². The van der Waals surface area contributed by atoms with Gasteiger partial charge in [-0.15, -0.1) is 11.3 Å². The van der Waals surface area contributed by atoms with Crippen molar-refractivity contribution in [2.45, 2.75) is 19.3 Å². The Bertz CT molecular complexity index is 1210. The predicted molar refractivity (Wildman–Crippen MR) is 112 cm³/mol. The molecule has 2 aromatic heterocycles. The van der Waals surface area contributed by atoms with Crippen molar-refractivity contribution in [3.63, 3.8) is 0 Å². The Morgan fingerprint density at radius 2 is 1.93 bits per heavy atom. The summed E-state index contributed by atoms with van der Waals surface area (Å²) in [6.45, 7) is 2.11. The Morgan fingerprint density at radius 1 is 1.07 bits per heavy atom. The van der Waals surface area contributed by atoms with Gasteiger partial charge in [0.2, 0.25) is 0 Å². The van der Waals surface area contributed by atoms with E-state index < -0.39 is 0 Å². The predicted octanol–water partition coefficient (Wildman–Crippen LogP) is 5.71. The molecule has 0 atom stereocenters. The number of fused-ring (bicyclic) bond motifs is 2. The van der Waals surface area contributed by atoms with Crippen LogP contribution in [0, 0.1) is 0 Å². The number of nitrogens with zero attached hydrogens (tertiary/aromatic N) is 2. The fourth-order valence-corrected chi connectivity index (χ4v) is 4.90. The van der Waals surface area contributed by atoms with Crippen molar-refractivity contribution in [1.29, 1.82) is 0 Å². The summed E-state index contributed by atoms with van der Waals surface area (Å²) < 4.78 is 6.61. The lowest BCUT2D eigenvalue weighted by Crippen LogP contribution is -2.29. The second kappa shape index (κ2) is 6.66. The quantitative estimate of drug-likeness (QED) is 0.407. The molecule has 0 unspecified atom stereocenters. The van der Waals surface area contributed by atoms with Gasteiger partial charge in [0.15, 0.2) is 0 Å². The minimum Gasteiger partial charge on any atom is -0.422 e. The normalized spacial score (nSPS) is 14.9. The third kappa shape index (κ3) is 3.01. The molecule has 2 aromatic carbocycles. The molecule has 1 saturated heterocycles. The Hall–Kier alpha value is -2.37. The maximum absolute atomic E-state index is 12.6. The van der Waals surface area contributed by atoms with Crippen LogP contribution in [-0.4, -0.2) is 18.1 Å². The second-order valence-corrected chi connectivity index (χ2v) is 8.26. The molecular formula is C21H17ClN2O2S. The Kier molecular flexibility index (Phi) is 4.14. The molecule has 0 amide bonds. The number of hydrogen-bond acceptors (Lipinski definition) is 5. The van der Waals surface area contributed by atoms with Gasteiger partial charge in [0.1, 0.15) is 16.1 Å². The van der Waals surface area contributed by atoms with Crippen molar-refractivity contribution < 1.29 is 4.42 Å². The first kappa shape index (κ1) is 16.8. The molecule has 1 aliphatic rings. The maximum atomic E-state index is 12.6. The highest BCUT2D eigenvalue weighted by atomic mass is 35.5. The fourth-order valence-electron chi connectivity index (χ4n) is 3.63. The third-order valence-electron chi connectivity index (χ3n) is 5.04. The average molecular weight is 397 g/mol. The smallest absolute Gasteiger partial charge is 0.346 e. The number of piperidine rings is 1. The van der Waals surface area contributed by atoms with Crippen LogP contribution in [0.3, 0.4) is 0 Å². The number of hydrogen-bond donors (Lipinski definition) is 0. The molecule has 0 bridgehead atoms. The van der Waals surface area contributed by atoms with Crippen LogP contribution in [-0.2, 0) is 0 Å². The van der Waals surface area contributed by atoms with Gasteiger partial charge in [0.05, 0.1) is 15.3 Å². The number of thiazole rings is 1. The van der Waals surface area contributed by atoms with E-state index in [4.69, 9.17) is 16.0 Å². The van der Waals surface area contributed by atoms with E-state index in [1.54, 1.807) is 6.07 Å². The van der Waals surface area contributed by atoms with Gasteiger partial charge in [-0.25, -0.2) is 9.78 Å². The van der Waals surface area contributed by atoms with E-state index in [1.807, 2.05) is 30.3 Å². The van der Waals surface area contributed by atoms with Crippen LogP contribution in [0.1, 0.15) is 19.3 Å². The SMILES string of the molecule is O=c1oc2cc(N3CCCCC3)ccc2cc1-c1nc2c(Cl)cccc2s1. The van der Waals surface area contributed by atoms with Gasteiger partial charge < -0.3 is 9.32 Å². The van der Waals surface area contributed by atoms with Gasteiger partial charge in [0.25, 0.3) is 0 Å². The third-order valence-corrected chi connectivity index (χ3v) is 6.40. The lowest BCUT2D eigenvalue weighted by Gasteiger charge is -2.28. The van der Waals surface area contributed by atoms with Crippen LogP contribution >= 0.6 is 22.9 Å². The highest BCUT2D eigenvalue weighted by Crippen LogP contribution is 2.33. The largest absolute Gasteiger partial charge is 0.422 e. The summed E-state index contributed by atoms with van der Waals surface area (Å²) >= 11 is 7.67. The zero-order chi connectivity index (χ0) is 18.4. The summed E-state index contributed by atoms with van der Waals surface area (Å²) in [7, 11) is 0. The number of rotatable bonds is 2. The molecule has 3 heterocycles. The van der Waals surface area contributed by atoms with E-state index in [0.29, 0.717) is 21.2 Å².